The second-order valence-electron chi connectivity index (χ2n) is 7.83. The van der Waals surface area contributed by atoms with E-state index in [-0.39, 0.29) is 36.0 Å². The summed E-state index contributed by atoms with van der Waals surface area (Å²) in [5.41, 5.74) is 1.71. The van der Waals surface area contributed by atoms with Gasteiger partial charge in [0.2, 0.25) is 0 Å². The van der Waals surface area contributed by atoms with Gasteiger partial charge in [-0.25, -0.2) is 0 Å². The number of benzene rings is 1. The lowest BCUT2D eigenvalue weighted by Crippen LogP contribution is -2.47. The van der Waals surface area contributed by atoms with Crippen LogP contribution >= 0.6 is 24.0 Å². The lowest BCUT2D eigenvalue weighted by Gasteiger charge is -2.22. The SMILES string of the molecule is CN=C(NCc1cccc(C(=O)NCC2CCCO2)c1)NC1CC2CCC1O2.I. The Morgan fingerprint density at radius 1 is 1.24 bits per heavy atom. The quantitative estimate of drug-likeness (QED) is 0.308. The summed E-state index contributed by atoms with van der Waals surface area (Å²) in [6, 6.07) is 8.02. The lowest BCUT2D eigenvalue weighted by atomic mass is 9.96. The number of hydrogen-bond acceptors (Lipinski definition) is 4. The van der Waals surface area contributed by atoms with Gasteiger partial charge in [0.1, 0.15) is 0 Å². The summed E-state index contributed by atoms with van der Waals surface area (Å²) in [6.45, 7) is 1.98. The molecule has 0 radical (unpaired) electrons. The van der Waals surface area contributed by atoms with E-state index in [1.54, 1.807) is 7.05 Å². The van der Waals surface area contributed by atoms with Crippen LogP contribution in [0.3, 0.4) is 0 Å². The molecule has 160 valence electrons. The van der Waals surface area contributed by atoms with Crippen LogP contribution in [0.4, 0.5) is 0 Å². The number of fused-ring (bicyclic) bond motifs is 2. The highest BCUT2D eigenvalue weighted by molar-refractivity contribution is 14.0. The largest absolute Gasteiger partial charge is 0.376 e. The molecule has 29 heavy (non-hydrogen) atoms. The van der Waals surface area contributed by atoms with Gasteiger partial charge in [0, 0.05) is 32.3 Å². The number of amides is 1. The maximum Gasteiger partial charge on any atom is 0.251 e. The van der Waals surface area contributed by atoms with Crippen molar-refractivity contribution >= 4 is 35.8 Å². The number of rotatable bonds is 6. The molecule has 3 fully saturated rings. The van der Waals surface area contributed by atoms with E-state index in [1.165, 1.54) is 6.42 Å². The van der Waals surface area contributed by atoms with Gasteiger partial charge in [-0.2, -0.15) is 0 Å². The number of aliphatic imine (C=N–C) groups is 1. The van der Waals surface area contributed by atoms with Crippen LogP contribution in [0.2, 0.25) is 0 Å². The highest BCUT2D eigenvalue weighted by atomic mass is 127. The van der Waals surface area contributed by atoms with Crippen LogP contribution in [0, 0.1) is 0 Å². The normalized spacial score (nSPS) is 28.1. The monoisotopic (exact) mass is 514 g/mol. The summed E-state index contributed by atoms with van der Waals surface area (Å²) in [4.78, 5) is 16.7. The Bertz CT molecular complexity index is 724. The zero-order valence-electron chi connectivity index (χ0n) is 16.9. The predicted molar refractivity (Wildman–Crippen MR) is 123 cm³/mol. The van der Waals surface area contributed by atoms with Crippen molar-refractivity contribution in [2.45, 2.75) is 63.0 Å². The lowest BCUT2D eigenvalue weighted by molar-refractivity contribution is 0.0857. The van der Waals surface area contributed by atoms with Crippen molar-refractivity contribution in [3.63, 3.8) is 0 Å². The van der Waals surface area contributed by atoms with E-state index in [2.05, 4.69) is 20.9 Å². The molecular weight excluding hydrogens is 483 g/mol. The van der Waals surface area contributed by atoms with Gasteiger partial charge in [-0.3, -0.25) is 9.79 Å². The average Bonchev–Trinajstić information content (AvgIpc) is 3.48. The van der Waals surface area contributed by atoms with Gasteiger partial charge in [-0.1, -0.05) is 12.1 Å². The van der Waals surface area contributed by atoms with E-state index in [0.717, 1.165) is 43.8 Å². The first-order valence-electron chi connectivity index (χ1n) is 10.3. The van der Waals surface area contributed by atoms with Gasteiger partial charge in [0.05, 0.1) is 24.4 Å². The molecule has 4 rings (SSSR count). The molecule has 0 saturated carbocycles. The minimum Gasteiger partial charge on any atom is -0.376 e. The maximum absolute atomic E-state index is 12.4. The van der Waals surface area contributed by atoms with Gasteiger partial charge >= 0.3 is 0 Å². The number of nitrogens with zero attached hydrogens (tertiary/aromatic N) is 1. The second-order valence-corrected chi connectivity index (χ2v) is 7.83. The van der Waals surface area contributed by atoms with Crippen LogP contribution < -0.4 is 16.0 Å². The smallest absolute Gasteiger partial charge is 0.251 e. The van der Waals surface area contributed by atoms with Gasteiger partial charge in [0.25, 0.3) is 5.91 Å². The maximum atomic E-state index is 12.4. The minimum atomic E-state index is -0.0565. The van der Waals surface area contributed by atoms with Crippen LogP contribution in [-0.4, -0.2) is 56.4 Å². The zero-order chi connectivity index (χ0) is 19.3. The average molecular weight is 514 g/mol. The minimum absolute atomic E-state index is 0. The molecule has 7 nitrogen and oxygen atoms in total. The van der Waals surface area contributed by atoms with Crippen molar-refractivity contribution in [1.82, 2.24) is 16.0 Å². The summed E-state index contributed by atoms with van der Waals surface area (Å²) in [7, 11) is 1.78. The first-order chi connectivity index (χ1) is 13.7. The first kappa shape index (κ1) is 22.3. The summed E-state index contributed by atoms with van der Waals surface area (Å²) >= 11 is 0. The number of carbonyl (C=O) groups excluding carboxylic acids is 1. The van der Waals surface area contributed by atoms with Crippen LogP contribution in [0.25, 0.3) is 0 Å². The highest BCUT2D eigenvalue weighted by Crippen LogP contribution is 2.34. The molecule has 0 aromatic heterocycles. The molecule has 0 spiro atoms. The predicted octanol–water partition coefficient (Wildman–Crippen LogP) is 2.20. The third kappa shape index (κ3) is 5.82. The molecule has 1 amide bonds. The van der Waals surface area contributed by atoms with Crippen LogP contribution in [-0.2, 0) is 16.0 Å². The van der Waals surface area contributed by atoms with Crippen LogP contribution in [0.15, 0.2) is 29.3 Å². The Kier molecular flexibility index (Phi) is 8.14. The van der Waals surface area contributed by atoms with E-state index in [4.69, 9.17) is 9.47 Å². The molecule has 3 heterocycles. The number of ether oxygens (including phenoxy) is 2. The van der Waals surface area contributed by atoms with Gasteiger partial charge in [-0.15, -0.1) is 24.0 Å². The fourth-order valence-corrected chi connectivity index (χ4v) is 4.28. The van der Waals surface area contributed by atoms with E-state index in [1.807, 2.05) is 24.3 Å². The second kappa shape index (κ2) is 10.6. The summed E-state index contributed by atoms with van der Waals surface area (Å²) in [6.07, 6.45) is 6.31. The number of halogens is 1. The summed E-state index contributed by atoms with van der Waals surface area (Å²) < 4.78 is 11.5. The van der Waals surface area contributed by atoms with Crippen molar-refractivity contribution < 1.29 is 14.3 Å². The number of guanidine groups is 1. The summed E-state index contributed by atoms with van der Waals surface area (Å²) in [5.74, 6) is 0.716. The van der Waals surface area contributed by atoms with Crippen LogP contribution in [0.5, 0.6) is 0 Å². The Labute approximate surface area is 189 Å². The molecule has 3 aliphatic rings. The van der Waals surface area contributed by atoms with Crippen molar-refractivity contribution in [3.05, 3.63) is 35.4 Å². The molecule has 3 aliphatic heterocycles. The van der Waals surface area contributed by atoms with Crippen molar-refractivity contribution in [2.24, 2.45) is 4.99 Å². The van der Waals surface area contributed by atoms with Crippen LogP contribution in [0.1, 0.15) is 48.0 Å². The fourth-order valence-electron chi connectivity index (χ4n) is 4.28. The molecule has 2 bridgehead atoms. The van der Waals surface area contributed by atoms with E-state index >= 15 is 0 Å². The van der Waals surface area contributed by atoms with Gasteiger partial charge in [0.15, 0.2) is 5.96 Å². The Morgan fingerprint density at radius 3 is 2.83 bits per heavy atom. The Hall–Kier alpha value is -1.39. The van der Waals surface area contributed by atoms with Crippen molar-refractivity contribution in [1.29, 1.82) is 0 Å². The van der Waals surface area contributed by atoms with E-state index in [0.29, 0.717) is 36.9 Å². The third-order valence-corrected chi connectivity index (χ3v) is 5.82. The number of hydrogen-bond donors (Lipinski definition) is 3. The van der Waals surface area contributed by atoms with Crippen molar-refractivity contribution in [2.75, 3.05) is 20.2 Å². The van der Waals surface area contributed by atoms with Crippen molar-refractivity contribution in [3.8, 4) is 0 Å². The molecule has 1 aromatic carbocycles. The van der Waals surface area contributed by atoms with E-state index in [9.17, 15) is 4.79 Å². The molecule has 0 aliphatic carbocycles. The van der Waals surface area contributed by atoms with E-state index < -0.39 is 0 Å². The Balaban J connectivity index is 0.00000240. The Morgan fingerprint density at radius 2 is 2.14 bits per heavy atom. The summed E-state index contributed by atoms with van der Waals surface area (Å²) in [5, 5.41) is 9.80. The molecule has 4 atom stereocenters. The first-order valence-corrected chi connectivity index (χ1v) is 10.3. The number of carbonyl (C=O) groups is 1. The third-order valence-electron chi connectivity index (χ3n) is 5.82. The number of nitrogens with one attached hydrogen (secondary N) is 3. The molecule has 3 saturated heterocycles. The zero-order valence-corrected chi connectivity index (χ0v) is 19.2. The standard InChI is InChI=1S/C21H30N4O3.HI/c1-22-21(25-18-11-16-7-8-19(18)28-16)24-12-14-4-2-5-15(10-14)20(26)23-13-17-6-3-9-27-17;/h2,4-5,10,16-19H,3,6-9,11-13H2,1H3,(H,23,26)(H2,22,24,25);1H. The molecule has 4 unspecified atom stereocenters. The van der Waals surface area contributed by atoms with Gasteiger partial charge in [-0.05, 0) is 49.8 Å². The molecule has 8 heteroatoms. The fraction of sp³-hybridized carbons (Fsp3) is 0.619. The molecule has 1 aromatic rings. The topological polar surface area (TPSA) is 84.0 Å². The molecule has 3 N–H and O–H groups in total. The molecular formula is C21H31IN4O3. The highest BCUT2D eigenvalue weighted by Gasteiger charge is 2.41. The van der Waals surface area contributed by atoms with Gasteiger partial charge < -0.3 is 25.4 Å².